The number of thioether (sulfide) groups is 1. The van der Waals surface area contributed by atoms with E-state index in [1.54, 1.807) is 0 Å². The maximum absolute atomic E-state index is 12.6. The predicted octanol–water partition coefficient (Wildman–Crippen LogP) is 2.74. The van der Waals surface area contributed by atoms with Crippen LogP contribution in [0.4, 0.5) is 5.69 Å². The van der Waals surface area contributed by atoms with Gasteiger partial charge >= 0.3 is 0 Å². The predicted molar refractivity (Wildman–Crippen MR) is 103 cm³/mol. The van der Waals surface area contributed by atoms with Crippen molar-refractivity contribution in [2.24, 2.45) is 0 Å². The van der Waals surface area contributed by atoms with Crippen molar-refractivity contribution in [3.05, 3.63) is 29.8 Å². The SMILES string of the molecule is O=C(CC1CSCCN1)Nc1ccc(C(=O)N2CCCCCC2)cc1. The fraction of sp³-hybridized carbons (Fsp3) is 0.579. The Labute approximate surface area is 153 Å². The van der Waals surface area contributed by atoms with Crippen LogP contribution < -0.4 is 10.6 Å². The Kier molecular flexibility index (Phi) is 6.76. The first-order valence-electron chi connectivity index (χ1n) is 9.23. The first kappa shape index (κ1) is 18.3. The maximum Gasteiger partial charge on any atom is 0.253 e. The molecule has 2 saturated heterocycles. The monoisotopic (exact) mass is 361 g/mol. The number of carbonyl (C=O) groups excluding carboxylic acids is 2. The van der Waals surface area contributed by atoms with E-state index < -0.39 is 0 Å². The molecular weight excluding hydrogens is 334 g/mol. The molecule has 0 aliphatic carbocycles. The summed E-state index contributed by atoms with van der Waals surface area (Å²) in [6.07, 6.45) is 5.09. The van der Waals surface area contributed by atoms with Crippen LogP contribution in [0.3, 0.4) is 0 Å². The van der Waals surface area contributed by atoms with Gasteiger partial charge in [-0.25, -0.2) is 0 Å². The standard InChI is InChI=1S/C19H27N3O2S/c23-18(13-17-14-25-12-9-20-17)21-16-7-5-15(6-8-16)19(24)22-10-3-1-2-4-11-22/h5-8,17,20H,1-4,9-14H2,(H,21,23). The lowest BCUT2D eigenvalue weighted by Crippen LogP contribution is -2.39. The van der Waals surface area contributed by atoms with Crippen LogP contribution in [-0.4, -0.2) is 53.9 Å². The van der Waals surface area contributed by atoms with E-state index in [1.807, 2.05) is 40.9 Å². The molecule has 0 saturated carbocycles. The van der Waals surface area contributed by atoms with Gasteiger partial charge in [-0.3, -0.25) is 9.59 Å². The van der Waals surface area contributed by atoms with E-state index in [9.17, 15) is 9.59 Å². The zero-order valence-electron chi connectivity index (χ0n) is 14.6. The molecular formula is C19H27N3O2S. The first-order valence-corrected chi connectivity index (χ1v) is 10.4. The van der Waals surface area contributed by atoms with E-state index in [-0.39, 0.29) is 17.9 Å². The molecule has 1 unspecified atom stereocenters. The van der Waals surface area contributed by atoms with Gasteiger partial charge in [-0.15, -0.1) is 0 Å². The smallest absolute Gasteiger partial charge is 0.253 e. The third-order valence-corrected chi connectivity index (χ3v) is 5.87. The summed E-state index contributed by atoms with van der Waals surface area (Å²) in [6.45, 7) is 2.67. The van der Waals surface area contributed by atoms with Gasteiger partial charge in [0.1, 0.15) is 0 Å². The highest BCUT2D eigenvalue weighted by atomic mass is 32.2. The Bertz CT molecular complexity index is 577. The second kappa shape index (κ2) is 9.25. The summed E-state index contributed by atoms with van der Waals surface area (Å²) >= 11 is 1.89. The molecule has 6 heteroatoms. The molecule has 2 fully saturated rings. The topological polar surface area (TPSA) is 61.4 Å². The number of anilines is 1. The van der Waals surface area contributed by atoms with Crippen molar-refractivity contribution in [3.8, 4) is 0 Å². The Morgan fingerprint density at radius 3 is 2.48 bits per heavy atom. The molecule has 0 spiro atoms. The minimum atomic E-state index is 0.0200. The molecule has 2 aliphatic heterocycles. The van der Waals surface area contributed by atoms with Crippen molar-refractivity contribution in [2.45, 2.75) is 38.1 Å². The molecule has 5 nitrogen and oxygen atoms in total. The van der Waals surface area contributed by atoms with Gasteiger partial charge in [-0.05, 0) is 37.1 Å². The Morgan fingerprint density at radius 1 is 1.12 bits per heavy atom. The van der Waals surface area contributed by atoms with Gasteiger partial charge in [0.05, 0.1) is 0 Å². The van der Waals surface area contributed by atoms with Crippen molar-refractivity contribution >= 4 is 29.3 Å². The molecule has 1 aromatic rings. The normalized spacial score (nSPS) is 21.4. The van der Waals surface area contributed by atoms with E-state index in [4.69, 9.17) is 0 Å². The average molecular weight is 362 g/mol. The number of nitrogens with zero attached hydrogens (tertiary/aromatic N) is 1. The Morgan fingerprint density at radius 2 is 1.84 bits per heavy atom. The second-order valence-corrected chi connectivity index (χ2v) is 7.91. The van der Waals surface area contributed by atoms with Gasteiger partial charge in [0.25, 0.3) is 5.91 Å². The number of hydrogen-bond donors (Lipinski definition) is 2. The Hall–Kier alpha value is -1.53. The van der Waals surface area contributed by atoms with Gasteiger partial charge in [-0.1, -0.05) is 12.8 Å². The van der Waals surface area contributed by atoms with Gasteiger partial charge in [0, 0.05) is 54.9 Å². The highest BCUT2D eigenvalue weighted by Gasteiger charge is 2.18. The number of amides is 2. The summed E-state index contributed by atoms with van der Waals surface area (Å²) in [5, 5.41) is 6.30. The lowest BCUT2D eigenvalue weighted by Gasteiger charge is -2.22. The molecule has 1 aromatic carbocycles. The summed E-state index contributed by atoms with van der Waals surface area (Å²) in [4.78, 5) is 26.7. The molecule has 0 aromatic heterocycles. The van der Waals surface area contributed by atoms with E-state index in [0.717, 1.165) is 49.7 Å². The minimum Gasteiger partial charge on any atom is -0.339 e. The van der Waals surface area contributed by atoms with Crippen molar-refractivity contribution in [1.82, 2.24) is 10.2 Å². The second-order valence-electron chi connectivity index (χ2n) is 6.76. The molecule has 0 bridgehead atoms. The summed E-state index contributed by atoms with van der Waals surface area (Å²) in [5.74, 6) is 2.22. The summed E-state index contributed by atoms with van der Waals surface area (Å²) in [5.41, 5.74) is 1.45. The fourth-order valence-electron chi connectivity index (χ4n) is 3.34. The van der Waals surface area contributed by atoms with Crippen LogP contribution in [-0.2, 0) is 4.79 Å². The van der Waals surface area contributed by atoms with Crippen LogP contribution in [0.15, 0.2) is 24.3 Å². The molecule has 0 radical (unpaired) electrons. The number of hydrogen-bond acceptors (Lipinski definition) is 4. The number of nitrogens with one attached hydrogen (secondary N) is 2. The number of carbonyl (C=O) groups is 2. The lowest BCUT2D eigenvalue weighted by atomic mass is 10.1. The van der Waals surface area contributed by atoms with Crippen LogP contribution in [0.5, 0.6) is 0 Å². The molecule has 136 valence electrons. The van der Waals surface area contributed by atoms with Crippen LogP contribution in [0, 0.1) is 0 Å². The molecule has 2 N–H and O–H groups in total. The number of likely N-dealkylation sites (tertiary alicyclic amines) is 1. The summed E-state index contributed by atoms with van der Waals surface area (Å²) in [7, 11) is 0. The summed E-state index contributed by atoms with van der Waals surface area (Å²) < 4.78 is 0. The highest BCUT2D eigenvalue weighted by molar-refractivity contribution is 7.99. The molecule has 1 atom stereocenters. The average Bonchev–Trinajstić information content (AvgIpc) is 2.92. The molecule has 2 amide bonds. The minimum absolute atomic E-state index is 0.0200. The third-order valence-electron chi connectivity index (χ3n) is 4.74. The van der Waals surface area contributed by atoms with Crippen LogP contribution in [0.2, 0.25) is 0 Å². The zero-order valence-corrected chi connectivity index (χ0v) is 15.4. The van der Waals surface area contributed by atoms with E-state index >= 15 is 0 Å². The van der Waals surface area contributed by atoms with Gasteiger partial charge in [-0.2, -0.15) is 11.8 Å². The molecule has 2 aliphatic rings. The van der Waals surface area contributed by atoms with Crippen LogP contribution in [0.1, 0.15) is 42.5 Å². The largest absolute Gasteiger partial charge is 0.339 e. The molecule has 2 heterocycles. The highest BCUT2D eigenvalue weighted by Crippen LogP contribution is 2.16. The van der Waals surface area contributed by atoms with Crippen molar-refractivity contribution < 1.29 is 9.59 Å². The quantitative estimate of drug-likeness (QED) is 0.866. The van der Waals surface area contributed by atoms with E-state index in [2.05, 4.69) is 10.6 Å². The molecule has 3 rings (SSSR count). The number of rotatable bonds is 4. The van der Waals surface area contributed by atoms with E-state index in [0.29, 0.717) is 12.0 Å². The zero-order chi connectivity index (χ0) is 17.5. The third kappa shape index (κ3) is 5.47. The van der Waals surface area contributed by atoms with Gasteiger partial charge < -0.3 is 15.5 Å². The van der Waals surface area contributed by atoms with Crippen LogP contribution >= 0.6 is 11.8 Å². The summed E-state index contributed by atoms with van der Waals surface area (Å²) in [6, 6.07) is 7.54. The maximum atomic E-state index is 12.6. The number of benzene rings is 1. The lowest BCUT2D eigenvalue weighted by molar-refractivity contribution is -0.116. The van der Waals surface area contributed by atoms with Gasteiger partial charge in [0.15, 0.2) is 0 Å². The Balaban J connectivity index is 1.52. The van der Waals surface area contributed by atoms with Crippen LogP contribution in [0.25, 0.3) is 0 Å². The van der Waals surface area contributed by atoms with Crippen molar-refractivity contribution in [1.29, 1.82) is 0 Å². The van der Waals surface area contributed by atoms with Crippen molar-refractivity contribution in [3.63, 3.8) is 0 Å². The fourth-order valence-corrected chi connectivity index (χ4v) is 4.29. The van der Waals surface area contributed by atoms with Crippen molar-refractivity contribution in [2.75, 3.05) is 36.5 Å². The van der Waals surface area contributed by atoms with Gasteiger partial charge in [0.2, 0.25) is 5.91 Å². The first-order chi connectivity index (χ1) is 12.2. The molecule has 25 heavy (non-hydrogen) atoms. The van der Waals surface area contributed by atoms with E-state index in [1.165, 1.54) is 12.8 Å².